The van der Waals surface area contributed by atoms with Gasteiger partial charge in [-0.05, 0) is 12.1 Å². The van der Waals surface area contributed by atoms with Crippen molar-refractivity contribution in [3.8, 4) is 0 Å². The Balaban J connectivity index is 3.22. The quantitative estimate of drug-likeness (QED) is 0.525. The molecule has 1 atom stereocenters. The lowest BCUT2D eigenvalue weighted by Crippen LogP contribution is -1.87. The fraction of sp³-hybridized carbons (Fsp3) is 0. The molecule has 2 N–H and O–H groups in total. The summed E-state index contributed by atoms with van der Waals surface area (Å²) in [6.45, 7) is 0. The third-order valence-electron chi connectivity index (χ3n) is 1.17. The number of benzene rings is 1. The predicted molar refractivity (Wildman–Crippen MR) is 40.3 cm³/mol. The van der Waals surface area contributed by atoms with Gasteiger partial charge in [0.05, 0.1) is 4.90 Å². The molecule has 0 aromatic heterocycles. The standard InChI is InChI=1S/C6H6N2O2S/c7-8-5-3-1-2-4-6(5)11(9)10/h1-4,7H,(H,9,10). The van der Waals surface area contributed by atoms with Gasteiger partial charge in [-0.1, -0.05) is 12.1 Å². The van der Waals surface area contributed by atoms with Crippen molar-refractivity contribution in [2.45, 2.75) is 4.90 Å². The number of hydrogen-bond acceptors (Lipinski definition) is 3. The van der Waals surface area contributed by atoms with E-state index in [2.05, 4.69) is 5.11 Å². The molecule has 1 aromatic rings. The van der Waals surface area contributed by atoms with Gasteiger partial charge in [0, 0.05) is 0 Å². The van der Waals surface area contributed by atoms with Crippen LogP contribution in [0.25, 0.3) is 0 Å². The number of para-hydroxylation sites is 1. The summed E-state index contributed by atoms with van der Waals surface area (Å²) in [4.78, 5) is 0.169. The van der Waals surface area contributed by atoms with E-state index >= 15 is 0 Å². The molecule has 11 heavy (non-hydrogen) atoms. The molecular formula is C6H6N2O2S. The van der Waals surface area contributed by atoms with Crippen LogP contribution in [0, 0.1) is 5.53 Å². The first kappa shape index (κ1) is 8.03. The van der Waals surface area contributed by atoms with E-state index in [-0.39, 0.29) is 10.6 Å². The second-order valence-electron chi connectivity index (χ2n) is 1.83. The van der Waals surface area contributed by atoms with E-state index in [1.54, 1.807) is 12.1 Å². The highest BCUT2D eigenvalue weighted by atomic mass is 32.2. The van der Waals surface area contributed by atoms with Gasteiger partial charge in [0.1, 0.15) is 5.69 Å². The first-order valence-electron chi connectivity index (χ1n) is 2.83. The summed E-state index contributed by atoms with van der Waals surface area (Å²) >= 11 is -2.05. The molecule has 0 amide bonds. The highest BCUT2D eigenvalue weighted by Crippen LogP contribution is 2.20. The number of nitrogens with one attached hydrogen (secondary N) is 1. The number of rotatable bonds is 2. The normalized spacial score (nSPS) is 12.5. The summed E-state index contributed by atoms with van der Waals surface area (Å²) in [5.41, 5.74) is 6.89. The monoisotopic (exact) mass is 170 g/mol. The van der Waals surface area contributed by atoms with Gasteiger partial charge in [0.25, 0.3) is 0 Å². The maximum Gasteiger partial charge on any atom is 0.188 e. The van der Waals surface area contributed by atoms with E-state index in [0.29, 0.717) is 0 Å². The molecule has 0 aliphatic carbocycles. The van der Waals surface area contributed by atoms with Crippen molar-refractivity contribution in [1.82, 2.24) is 0 Å². The zero-order chi connectivity index (χ0) is 8.27. The second-order valence-corrected chi connectivity index (χ2v) is 2.77. The molecule has 0 heterocycles. The molecule has 0 radical (unpaired) electrons. The van der Waals surface area contributed by atoms with Crippen molar-refractivity contribution in [3.05, 3.63) is 24.3 Å². The molecule has 4 nitrogen and oxygen atoms in total. The minimum Gasteiger partial charge on any atom is -0.302 e. The van der Waals surface area contributed by atoms with E-state index in [1.807, 2.05) is 0 Å². The Bertz CT molecular complexity index is 300. The SMILES string of the molecule is N=Nc1ccccc1S(=O)O. The van der Waals surface area contributed by atoms with Gasteiger partial charge >= 0.3 is 0 Å². The Hall–Kier alpha value is -1.07. The van der Waals surface area contributed by atoms with Gasteiger partial charge in [-0.3, -0.25) is 0 Å². The lowest BCUT2D eigenvalue weighted by atomic mass is 10.3. The van der Waals surface area contributed by atoms with Crippen molar-refractivity contribution < 1.29 is 8.76 Å². The van der Waals surface area contributed by atoms with Gasteiger partial charge in [0.15, 0.2) is 11.1 Å². The predicted octanol–water partition coefficient (Wildman–Crippen LogP) is 1.93. The molecule has 58 valence electrons. The molecule has 5 heteroatoms. The summed E-state index contributed by atoms with van der Waals surface area (Å²) in [7, 11) is 0. The average Bonchev–Trinajstić information content (AvgIpc) is 2.04. The largest absolute Gasteiger partial charge is 0.302 e. The van der Waals surface area contributed by atoms with Gasteiger partial charge < -0.3 is 4.55 Å². The van der Waals surface area contributed by atoms with Crippen LogP contribution in [0.2, 0.25) is 0 Å². The molecule has 1 unspecified atom stereocenters. The Kier molecular flexibility index (Phi) is 2.45. The number of nitrogens with zero attached hydrogens (tertiary/aromatic N) is 1. The summed E-state index contributed by atoms with van der Waals surface area (Å²) < 4.78 is 19.2. The Morgan fingerprint density at radius 3 is 2.55 bits per heavy atom. The van der Waals surface area contributed by atoms with Crippen LogP contribution < -0.4 is 0 Å². The lowest BCUT2D eigenvalue weighted by Gasteiger charge is -1.96. The third-order valence-corrected chi connectivity index (χ3v) is 1.90. The van der Waals surface area contributed by atoms with E-state index in [1.165, 1.54) is 12.1 Å². The van der Waals surface area contributed by atoms with E-state index in [0.717, 1.165) is 0 Å². The zero-order valence-corrected chi connectivity index (χ0v) is 6.34. The highest BCUT2D eigenvalue weighted by Gasteiger charge is 2.04. The molecule has 0 bridgehead atoms. The molecule has 1 rings (SSSR count). The smallest absolute Gasteiger partial charge is 0.188 e. The summed E-state index contributed by atoms with van der Waals surface area (Å²) in [6, 6.07) is 6.25. The van der Waals surface area contributed by atoms with E-state index < -0.39 is 11.1 Å². The molecule has 0 fully saturated rings. The Morgan fingerprint density at radius 1 is 1.45 bits per heavy atom. The van der Waals surface area contributed by atoms with Crippen LogP contribution in [0.3, 0.4) is 0 Å². The van der Waals surface area contributed by atoms with E-state index in [4.69, 9.17) is 10.1 Å². The summed E-state index contributed by atoms with van der Waals surface area (Å²) in [5, 5.41) is 3.09. The maximum absolute atomic E-state index is 10.5. The summed E-state index contributed by atoms with van der Waals surface area (Å²) in [5.74, 6) is 0. The lowest BCUT2D eigenvalue weighted by molar-refractivity contribution is 0.564. The van der Waals surface area contributed by atoms with Crippen molar-refractivity contribution in [2.75, 3.05) is 0 Å². The van der Waals surface area contributed by atoms with Crippen molar-refractivity contribution >= 4 is 16.8 Å². The molecule has 0 spiro atoms. The number of hydrogen-bond donors (Lipinski definition) is 2. The average molecular weight is 170 g/mol. The fourth-order valence-corrected chi connectivity index (χ4v) is 1.18. The minimum absolute atomic E-state index is 0.169. The van der Waals surface area contributed by atoms with Crippen molar-refractivity contribution in [3.63, 3.8) is 0 Å². The topological polar surface area (TPSA) is 73.5 Å². The first-order chi connectivity index (χ1) is 5.25. The molecule has 0 aliphatic heterocycles. The van der Waals surface area contributed by atoms with Crippen LogP contribution in [0.4, 0.5) is 5.69 Å². The van der Waals surface area contributed by atoms with Crippen LogP contribution in [0.15, 0.2) is 34.3 Å². The van der Waals surface area contributed by atoms with Crippen molar-refractivity contribution in [2.24, 2.45) is 5.11 Å². The zero-order valence-electron chi connectivity index (χ0n) is 5.52. The fourth-order valence-electron chi connectivity index (χ4n) is 0.697. The van der Waals surface area contributed by atoms with Crippen LogP contribution in [-0.4, -0.2) is 8.76 Å². The Morgan fingerprint density at radius 2 is 2.09 bits per heavy atom. The van der Waals surface area contributed by atoms with Gasteiger partial charge in [-0.2, -0.15) is 5.11 Å². The third kappa shape index (κ3) is 1.69. The van der Waals surface area contributed by atoms with Gasteiger partial charge in [0.2, 0.25) is 0 Å². The van der Waals surface area contributed by atoms with Crippen LogP contribution in [-0.2, 0) is 11.1 Å². The Labute approximate surface area is 66.0 Å². The van der Waals surface area contributed by atoms with Crippen LogP contribution in [0.1, 0.15) is 0 Å². The highest BCUT2D eigenvalue weighted by molar-refractivity contribution is 7.79. The molecule has 0 aliphatic rings. The molecule has 0 saturated heterocycles. The minimum atomic E-state index is -2.05. The van der Waals surface area contributed by atoms with Crippen molar-refractivity contribution in [1.29, 1.82) is 5.53 Å². The van der Waals surface area contributed by atoms with E-state index in [9.17, 15) is 4.21 Å². The molecular weight excluding hydrogens is 164 g/mol. The summed E-state index contributed by atoms with van der Waals surface area (Å²) in [6.07, 6.45) is 0. The van der Waals surface area contributed by atoms with Gasteiger partial charge in [-0.25, -0.2) is 9.74 Å². The molecule has 0 saturated carbocycles. The second kappa shape index (κ2) is 3.36. The first-order valence-corrected chi connectivity index (χ1v) is 3.93. The maximum atomic E-state index is 10.5. The molecule has 1 aromatic carbocycles. The van der Waals surface area contributed by atoms with Gasteiger partial charge in [-0.15, -0.1) is 0 Å². The van der Waals surface area contributed by atoms with Crippen LogP contribution in [0.5, 0.6) is 0 Å². The van der Waals surface area contributed by atoms with Crippen LogP contribution >= 0.6 is 0 Å².